The first-order valence-electron chi connectivity index (χ1n) is 5.92. The zero-order chi connectivity index (χ0) is 12.1. The number of pyridine rings is 1. The number of hydrogen-bond donors (Lipinski definition) is 2. The third-order valence-electron chi connectivity index (χ3n) is 2.70. The summed E-state index contributed by atoms with van der Waals surface area (Å²) in [5.41, 5.74) is 0.889. The van der Waals surface area contributed by atoms with E-state index in [-0.39, 0.29) is 12.1 Å². The van der Waals surface area contributed by atoms with Crippen LogP contribution in [0.15, 0.2) is 30.4 Å². The van der Waals surface area contributed by atoms with Gasteiger partial charge >= 0.3 is 6.03 Å². The number of allylic oxidation sites excluding steroid dienone is 1. The second-order valence-electron chi connectivity index (χ2n) is 4.23. The fourth-order valence-electron chi connectivity index (χ4n) is 1.87. The van der Waals surface area contributed by atoms with E-state index in [9.17, 15) is 4.79 Å². The third-order valence-corrected chi connectivity index (χ3v) is 2.70. The predicted molar refractivity (Wildman–Crippen MR) is 67.9 cm³/mol. The van der Waals surface area contributed by atoms with E-state index in [2.05, 4.69) is 21.7 Å². The van der Waals surface area contributed by atoms with Crippen LogP contribution in [0.5, 0.6) is 0 Å². The van der Waals surface area contributed by atoms with Gasteiger partial charge in [0.05, 0.1) is 0 Å². The molecular weight excluding hydrogens is 214 g/mol. The molecule has 1 atom stereocenters. The minimum Gasteiger partial charge on any atom is -0.332 e. The lowest BCUT2D eigenvalue weighted by atomic mass is 10.0. The molecule has 0 saturated carbocycles. The van der Waals surface area contributed by atoms with Gasteiger partial charge in [0.1, 0.15) is 5.82 Å². The Labute approximate surface area is 101 Å². The Balaban J connectivity index is 1.88. The van der Waals surface area contributed by atoms with Crippen LogP contribution in [0.2, 0.25) is 0 Å². The summed E-state index contributed by atoms with van der Waals surface area (Å²) < 4.78 is 0. The molecular formula is C13H17N3O. The molecule has 0 bridgehead atoms. The molecule has 0 aliphatic heterocycles. The van der Waals surface area contributed by atoms with Gasteiger partial charge in [-0.1, -0.05) is 18.2 Å². The maximum absolute atomic E-state index is 11.7. The Morgan fingerprint density at radius 1 is 1.47 bits per heavy atom. The monoisotopic (exact) mass is 231 g/mol. The highest BCUT2D eigenvalue weighted by molar-refractivity contribution is 5.88. The molecule has 17 heavy (non-hydrogen) atoms. The lowest BCUT2D eigenvalue weighted by Gasteiger charge is -2.18. The van der Waals surface area contributed by atoms with E-state index in [1.54, 1.807) is 6.07 Å². The molecule has 0 fully saturated rings. The van der Waals surface area contributed by atoms with E-state index in [1.807, 2.05) is 25.1 Å². The van der Waals surface area contributed by atoms with Crippen LogP contribution in [-0.2, 0) is 0 Å². The molecule has 0 radical (unpaired) electrons. The molecule has 0 unspecified atom stereocenters. The minimum absolute atomic E-state index is 0.147. The standard InChI is InChI=1S/C13H17N3O/c1-10-6-5-9-12(14-10)16-13(17)15-11-7-3-2-4-8-11/h3,5-7,9,11H,2,4,8H2,1H3,(H2,14,15,16,17)/t11-/m1/s1. The number of nitrogens with one attached hydrogen (secondary N) is 2. The van der Waals surface area contributed by atoms with Crippen molar-refractivity contribution in [3.8, 4) is 0 Å². The molecule has 1 aromatic heterocycles. The van der Waals surface area contributed by atoms with Crippen molar-refractivity contribution in [3.63, 3.8) is 0 Å². The van der Waals surface area contributed by atoms with Gasteiger partial charge in [0.15, 0.2) is 0 Å². The first-order valence-corrected chi connectivity index (χ1v) is 5.92. The highest BCUT2D eigenvalue weighted by Crippen LogP contribution is 2.10. The smallest absolute Gasteiger partial charge is 0.320 e. The number of nitrogens with zero attached hydrogens (tertiary/aromatic N) is 1. The summed E-state index contributed by atoms with van der Waals surface area (Å²) in [6.07, 6.45) is 7.40. The summed E-state index contributed by atoms with van der Waals surface area (Å²) in [5, 5.41) is 5.64. The van der Waals surface area contributed by atoms with Gasteiger partial charge in [-0.25, -0.2) is 9.78 Å². The zero-order valence-corrected chi connectivity index (χ0v) is 9.94. The average Bonchev–Trinajstić information content (AvgIpc) is 2.30. The van der Waals surface area contributed by atoms with Gasteiger partial charge in [-0.3, -0.25) is 5.32 Å². The van der Waals surface area contributed by atoms with Gasteiger partial charge in [-0.15, -0.1) is 0 Å². The van der Waals surface area contributed by atoms with Crippen LogP contribution in [0.3, 0.4) is 0 Å². The van der Waals surface area contributed by atoms with Crippen LogP contribution in [0.1, 0.15) is 25.0 Å². The quantitative estimate of drug-likeness (QED) is 0.769. The molecule has 2 rings (SSSR count). The largest absolute Gasteiger partial charge is 0.332 e. The number of rotatable bonds is 2. The fourth-order valence-corrected chi connectivity index (χ4v) is 1.87. The minimum atomic E-state index is -0.195. The zero-order valence-electron chi connectivity index (χ0n) is 9.94. The lowest BCUT2D eigenvalue weighted by molar-refractivity contribution is 0.249. The van der Waals surface area contributed by atoms with E-state index >= 15 is 0 Å². The molecule has 0 spiro atoms. The van der Waals surface area contributed by atoms with Crippen LogP contribution >= 0.6 is 0 Å². The van der Waals surface area contributed by atoms with Crippen molar-refractivity contribution in [2.24, 2.45) is 0 Å². The molecule has 1 heterocycles. The molecule has 1 aliphatic carbocycles. The van der Waals surface area contributed by atoms with E-state index in [1.165, 1.54) is 0 Å². The van der Waals surface area contributed by atoms with Crippen molar-refractivity contribution in [3.05, 3.63) is 36.0 Å². The van der Waals surface area contributed by atoms with Gasteiger partial charge in [-0.05, 0) is 38.3 Å². The van der Waals surface area contributed by atoms with Crippen LogP contribution in [0.4, 0.5) is 10.6 Å². The Hall–Kier alpha value is -1.84. The number of hydrogen-bond acceptors (Lipinski definition) is 2. The summed E-state index contributed by atoms with van der Waals surface area (Å²) in [6.45, 7) is 1.90. The highest BCUT2D eigenvalue weighted by Gasteiger charge is 2.11. The molecule has 90 valence electrons. The first-order chi connectivity index (χ1) is 8.24. The fraction of sp³-hybridized carbons (Fsp3) is 0.385. The molecule has 1 aromatic rings. The number of aromatic nitrogens is 1. The van der Waals surface area contributed by atoms with Gasteiger partial charge in [0.25, 0.3) is 0 Å². The van der Waals surface area contributed by atoms with Crippen molar-refractivity contribution >= 4 is 11.8 Å². The third kappa shape index (κ3) is 3.59. The second kappa shape index (κ2) is 5.48. The summed E-state index contributed by atoms with van der Waals surface area (Å²) >= 11 is 0. The highest BCUT2D eigenvalue weighted by atomic mass is 16.2. The summed E-state index contributed by atoms with van der Waals surface area (Å²) in [5.74, 6) is 0.585. The average molecular weight is 231 g/mol. The van der Waals surface area contributed by atoms with Crippen LogP contribution in [0, 0.1) is 6.92 Å². The maximum Gasteiger partial charge on any atom is 0.320 e. The van der Waals surface area contributed by atoms with Crippen LogP contribution < -0.4 is 10.6 Å². The number of anilines is 1. The van der Waals surface area contributed by atoms with Crippen molar-refractivity contribution in [2.75, 3.05) is 5.32 Å². The molecule has 2 N–H and O–H groups in total. The predicted octanol–water partition coefficient (Wildman–Crippen LogP) is 2.62. The van der Waals surface area contributed by atoms with Crippen molar-refractivity contribution in [2.45, 2.75) is 32.2 Å². The van der Waals surface area contributed by atoms with Gasteiger partial charge in [-0.2, -0.15) is 0 Å². The number of carbonyl (C=O) groups is 1. The van der Waals surface area contributed by atoms with Gasteiger partial charge in [0.2, 0.25) is 0 Å². The van der Waals surface area contributed by atoms with Crippen molar-refractivity contribution < 1.29 is 4.79 Å². The molecule has 0 saturated heterocycles. The summed E-state index contributed by atoms with van der Waals surface area (Å²) in [7, 11) is 0. The molecule has 4 nitrogen and oxygen atoms in total. The van der Waals surface area contributed by atoms with Gasteiger partial charge in [0, 0.05) is 11.7 Å². The van der Waals surface area contributed by atoms with E-state index in [4.69, 9.17) is 0 Å². The molecule has 1 aliphatic rings. The Morgan fingerprint density at radius 2 is 2.35 bits per heavy atom. The number of aryl methyl sites for hydroxylation is 1. The first kappa shape index (κ1) is 11.6. The van der Waals surface area contributed by atoms with E-state index in [0.717, 1.165) is 25.0 Å². The molecule has 4 heteroatoms. The molecule has 2 amide bonds. The normalized spacial score (nSPS) is 18.8. The number of urea groups is 1. The SMILES string of the molecule is Cc1cccc(NC(=O)N[C@@H]2C=CCCC2)n1. The number of carbonyl (C=O) groups excluding carboxylic acids is 1. The topological polar surface area (TPSA) is 54.0 Å². The van der Waals surface area contributed by atoms with Crippen molar-refractivity contribution in [1.29, 1.82) is 0 Å². The van der Waals surface area contributed by atoms with E-state index < -0.39 is 0 Å². The lowest BCUT2D eigenvalue weighted by Crippen LogP contribution is -2.37. The van der Waals surface area contributed by atoms with Crippen molar-refractivity contribution in [1.82, 2.24) is 10.3 Å². The molecule has 0 aromatic carbocycles. The summed E-state index contributed by atoms with van der Waals surface area (Å²) in [6, 6.07) is 5.50. The Kier molecular flexibility index (Phi) is 3.75. The Morgan fingerprint density at radius 3 is 3.06 bits per heavy atom. The summed E-state index contributed by atoms with van der Waals surface area (Å²) in [4.78, 5) is 15.9. The second-order valence-corrected chi connectivity index (χ2v) is 4.23. The maximum atomic E-state index is 11.7. The number of amides is 2. The van der Waals surface area contributed by atoms with Gasteiger partial charge < -0.3 is 5.32 Å². The van der Waals surface area contributed by atoms with Crippen LogP contribution in [-0.4, -0.2) is 17.1 Å². The Bertz CT molecular complexity index is 428. The van der Waals surface area contributed by atoms with E-state index in [0.29, 0.717) is 5.82 Å². The van der Waals surface area contributed by atoms with Crippen LogP contribution in [0.25, 0.3) is 0 Å².